The molecule has 2 aromatic rings. The molecule has 0 radical (unpaired) electrons. The Morgan fingerprint density at radius 3 is 2.27 bits per heavy atom. The lowest BCUT2D eigenvalue weighted by Crippen LogP contribution is -2.35. The number of nitrogens with one attached hydrogen (secondary N) is 1. The van der Waals surface area contributed by atoms with Gasteiger partial charge in [-0.3, -0.25) is 14.5 Å². The third-order valence-electron chi connectivity index (χ3n) is 4.86. The van der Waals surface area contributed by atoms with Crippen LogP contribution in [0.25, 0.3) is 5.57 Å². The molecule has 1 heterocycles. The summed E-state index contributed by atoms with van der Waals surface area (Å²) >= 11 is 0. The minimum atomic E-state index is -0.383. The van der Waals surface area contributed by atoms with Gasteiger partial charge in [0.15, 0.2) is 0 Å². The molecule has 0 saturated heterocycles. The van der Waals surface area contributed by atoms with Gasteiger partial charge in [-0.1, -0.05) is 18.2 Å². The van der Waals surface area contributed by atoms with E-state index < -0.39 is 0 Å². The molecule has 2 aromatic carbocycles. The maximum absolute atomic E-state index is 13.3. The Hall–Kier alpha value is -3.32. The molecule has 0 atom stereocenters. The highest BCUT2D eigenvalue weighted by atomic mass is 16.5. The van der Waals surface area contributed by atoms with Crippen LogP contribution in [-0.4, -0.2) is 48.7 Å². The Bertz CT molecular complexity index is 1010. The van der Waals surface area contributed by atoms with Gasteiger partial charge < -0.3 is 19.5 Å². The van der Waals surface area contributed by atoms with Crippen molar-refractivity contribution in [3.63, 3.8) is 0 Å². The lowest BCUT2D eigenvalue weighted by atomic mass is 10.0. The number of carbonyl (C=O) groups is 2. The summed E-state index contributed by atoms with van der Waals surface area (Å²) in [7, 11) is 0. The molecule has 0 aromatic heterocycles. The Morgan fingerprint density at radius 2 is 1.64 bits per heavy atom. The van der Waals surface area contributed by atoms with E-state index in [4.69, 9.17) is 14.2 Å². The van der Waals surface area contributed by atoms with Crippen LogP contribution in [0.5, 0.6) is 11.5 Å². The topological polar surface area (TPSA) is 77.1 Å². The highest BCUT2D eigenvalue weighted by molar-refractivity contribution is 6.36. The molecule has 0 bridgehead atoms. The van der Waals surface area contributed by atoms with E-state index in [1.165, 1.54) is 4.90 Å². The SMILES string of the molecule is CCOc1cccc(NC2=C(c3ccc(OC(C)C)cc3)C(=O)N(CCOC(C)C)C2=O)c1. The van der Waals surface area contributed by atoms with Gasteiger partial charge in [0.2, 0.25) is 0 Å². The zero-order valence-electron chi connectivity index (χ0n) is 19.9. The number of hydrogen-bond donors (Lipinski definition) is 1. The fourth-order valence-corrected chi connectivity index (χ4v) is 3.49. The summed E-state index contributed by atoms with van der Waals surface area (Å²) in [5.41, 5.74) is 1.85. The Balaban J connectivity index is 1.94. The van der Waals surface area contributed by atoms with Crippen LogP contribution in [0.4, 0.5) is 5.69 Å². The lowest BCUT2D eigenvalue weighted by molar-refractivity contribution is -0.137. The van der Waals surface area contributed by atoms with Crippen molar-refractivity contribution < 1.29 is 23.8 Å². The summed E-state index contributed by atoms with van der Waals surface area (Å²) in [5, 5.41) is 3.16. The van der Waals surface area contributed by atoms with Gasteiger partial charge in [0.05, 0.1) is 37.5 Å². The van der Waals surface area contributed by atoms with Crippen molar-refractivity contribution in [3.05, 3.63) is 59.8 Å². The summed E-state index contributed by atoms with van der Waals surface area (Å²) < 4.78 is 16.8. The normalized spacial score (nSPS) is 14.0. The van der Waals surface area contributed by atoms with Crippen LogP contribution in [0.15, 0.2) is 54.2 Å². The molecule has 176 valence electrons. The number of anilines is 1. The number of nitrogens with zero attached hydrogens (tertiary/aromatic N) is 1. The second-order valence-corrected chi connectivity index (χ2v) is 8.21. The molecule has 0 spiro atoms. The Morgan fingerprint density at radius 1 is 0.909 bits per heavy atom. The number of benzene rings is 2. The monoisotopic (exact) mass is 452 g/mol. The molecule has 7 heteroatoms. The van der Waals surface area contributed by atoms with Crippen LogP contribution in [-0.2, 0) is 14.3 Å². The maximum atomic E-state index is 13.3. The van der Waals surface area contributed by atoms with Crippen LogP contribution >= 0.6 is 0 Å². The van der Waals surface area contributed by atoms with E-state index in [0.29, 0.717) is 34.9 Å². The second-order valence-electron chi connectivity index (χ2n) is 8.21. The number of rotatable bonds is 11. The molecule has 0 fully saturated rings. The number of imide groups is 1. The zero-order valence-corrected chi connectivity index (χ0v) is 19.9. The quantitative estimate of drug-likeness (QED) is 0.506. The Kier molecular flexibility index (Phi) is 8.11. The van der Waals surface area contributed by atoms with Crippen molar-refractivity contribution in [2.45, 2.75) is 46.8 Å². The molecule has 0 aliphatic carbocycles. The summed E-state index contributed by atoms with van der Waals surface area (Å²) in [5.74, 6) is 0.644. The smallest absolute Gasteiger partial charge is 0.278 e. The van der Waals surface area contributed by atoms with Gasteiger partial charge in [0, 0.05) is 11.8 Å². The number of ether oxygens (including phenoxy) is 3. The van der Waals surface area contributed by atoms with E-state index in [-0.39, 0.29) is 42.9 Å². The zero-order chi connectivity index (χ0) is 24.0. The van der Waals surface area contributed by atoms with E-state index in [1.807, 2.05) is 52.8 Å². The molecule has 1 N–H and O–H groups in total. The van der Waals surface area contributed by atoms with Crippen LogP contribution in [0, 0.1) is 0 Å². The fraction of sp³-hybridized carbons (Fsp3) is 0.385. The summed E-state index contributed by atoms with van der Waals surface area (Å²) in [6.45, 7) is 10.6. The van der Waals surface area contributed by atoms with Gasteiger partial charge in [-0.15, -0.1) is 0 Å². The molecule has 2 amide bonds. The average Bonchev–Trinajstić information content (AvgIpc) is 2.98. The van der Waals surface area contributed by atoms with Crippen molar-refractivity contribution >= 4 is 23.1 Å². The largest absolute Gasteiger partial charge is 0.494 e. The summed E-state index contributed by atoms with van der Waals surface area (Å²) in [6.07, 6.45) is 0.0497. The van der Waals surface area contributed by atoms with E-state index in [0.717, 1.165) is 0 Å². The highest BCUT2D eigenvalue weighted by Crippen LogP contribution is 2.32. The van der Waals surface area contributed by atoms with Crippen LogP contribution in [0.3, 0.4) is 0 Å². The van der Waals surface area contributed by atoms with Crippen molar-refractivity contribution in [1.82, 2.24) is 4.90 Å². The molecule has 0 unspecified atom stereocenters. The second kappa shape index (κ2) is 11.0. The average molecular weight is 453 g/mol. The molecule has 0 saturated carbocycles. The number of carbonyl (C=O) groups excluding carboxylic acids is 2. The predicted molar refractivity (Wildman–Crippen MR) is 128 cm³/mol. The van der Waals surface area contributed by atoms with Crippen LogP contribution in [0.1, 0.15) is 40.2 Å². The third-order valence-corrected chi connectivity index (χ3v) is 4.86. The molecular weight excluding hydrogens is 420 g/mol. The van der Waals surface area contributed by atoms with Crippen LogP contribution < -0.4 is 14.8 Å². The van der Waals surface area contributed by atoms with Gasteiger partial charge >= 0.3 is 0 Å². The predicted octanol–water partition coefficient (Wildman–Crippen LogP) is 4.49. The van der Waals surface area contributed by atoms with E-state index in [1.54, 1.807) is 30.3 Å². The van der Waals surface area contributed by atoms with Crippen molar-refractivity contribution in [2.75, 3.05) is 25.1 Å². The van der Waals surface area contributed by atoms with Gasteiger partial charge in [0.25, 0.3) is 11.8 Å². The first kappa shape index (κ1) is 24.3. The van der Waals surface area contributed by atoms with Crippen molar-refractivity contribution in [2.24, 2.45) is 0 Å². The third kappa shape index (κ3) is 6.14. The number of hydrogen-bond acceptors (Lipinski definition) is 6. The molecule has 7 nitrogen and oxygen atoms in total. The first-order valence-electron chi connectivity index (χ1n) is 11.3. The first-order valence-corrected chi connectivity index (χ1v) is 11.3. The lowest BCUT2D eigenvalue weighted by Gasteiger charge is -2.16. The molecule has 1 aliphatic rings. The summed E-state index contributed by atoms with van der Waals surface area (Å²) in [6, 6.07) is 14.5. The van der Waals surface area contributed by atoms with Crippen molar-refractivity contribution in [1.29, 1.82) is 0 Å². The first-order chi connectivity index (χ1) is 15.8. The van der Waals surface area contributed by atoms with E-state index >= 15 is 0 Å². The minimum absolute atomic E-state index is 0.0117. The number of amides is 2. The van der Waals surface area contributed by atoms with E-state index in [9.17, 15) is 9.59 Å². The molecule has 3 rings (SSSR count). The molecular formula is C26H32N2O5. The minimum Gasteiger partial charge on any atom is -0.494 e. The van der Waals surface area contributed by atoms with Gasteiger partial charge in [0.1, 0.15) is 17.2 Å². The molecule has 1 aliphatic heterocycles. The fourth-order valence-electron chi connectivity index (χ4n) is 3.49. The van der Waals surface area contributed by atoms with Crippen LogP contribution in [0.2, 0.25) is 0 Å². The highest BCUT2D eigenvalue weighted by Gasteiger charge is 2.39. The van der Waals surface area contributed by atoms with Gasteiger partial charge in [-0.25, -0.2) is 0 Å². The van der Waals surface area contributed by atoms with Crippen molar-refractivity contribution in [3.8, 4) is 11.5 Å². The van der Waals surface area contributed by atoms with Gasteiger partial charge in [-0.05, 0) is 64.4 Å². The molecule has 33 heavy (non-hydrogen) atoms. The van der Waals surface area contributed by atoms with E-state index in [2.05, 4.69) is 5.32 Å². The summed E-state index contributed by atoms with van der Waals surface area (Å²) in [4.78, 5) is 27.8. The standard InChI is InChI=1S/C26H32N2O5/c1-6-31-22-9-7-8-20(16-22)27-24-23(19-10-12-21(13-11-19)33-18(4)5)25(29)28(26(24)30)14-15-32-17(2)3/h7-13,16-18,27H,6,14-15H2,1-5H3. The maximum Gasteiger partial charge on any atom is 0.278 e. The van der Waals surface area contributed by atoms with Gasteiger partial charge in [-0.2, -0.15) is 0 Å². The Labute approximate surface area is 195 Å².